The predicted molar refractivity (Wildman–Crippen MR) is 322 cm³/mol. The first kappa shape index (κ1) is 79.5. The molecule has 0 saturated carbocycles. The number of nitrogens with zero attached hydrogens (tertiary/aromatic N) is 1. The van der Waals surface area contributed by atoms with E-state index in [-0.39, 0.29) is 104 Å². The zero-order valence-electron chi connectivity index (χ0n) is 53.3. The summed E-state index contributed by atoms with van der Waals surface area (Å²) in [5, 5.41) is 0. The number of amides is 2. The van der Waals surface area contributed by atoms with Crippen molar-refractivity contribution in [2.75, 3.05) is 6.54 Å². The molecule has 2 N–H and O–H groups in total. The summed E-state index contributed by atoms with van der Waals surface area (Å²) >= 11 is 0. The number of carbonyl (C=O) groups is 9. The van der Waals surface area contributed by atoms with E-state index in [9.17, 15) is 43.2 Å². The van der Waals surface area contributed by atoms with Crippen LogP contribution in [0, 0.1) is 56.2 Å². The average Bonchev–Trinajstić information content (AvgIpc) is 3.54. The molecule has 1 aliphatic rings. The predicted octanol–water partition coefficient (Wildman–Crippen LogP) is 15.2. The van der Waals surface area contributed by atoms with E-state index >= 15 is 0 Å². The number of aryl methyl sites for hydroxylation is 1. The number of rotatable bonds is 21. The zero-order chi connectivity index (χ0) is 60.5. The topological polar surface area (TPSA) is 183 Å². The third-order valence-corrected chi connectivity index (χ3v) is 12.6. The first-order valence-corrected chi connectivity index (χ1v) is 28.4. The maximum absolute atomic E-state index is 12.4. The van der Waals surface area contributed by atoms with E-state index in [1.807, 2.05) is 156 Å². The van der Waals surface area contributed by atoms with Crippen molar-refractivity contribution in [2.24, 2.45) is 61.9 Å². The van der Waals surface area contributed by atoms with Gasteiger partial charge in [-0.25, -0.2) is 0 Å². The van der Waals surface area contributed by atoms with E-state index in [4.69, 9.17) is 5.73 Å². The molecule has 11 heteroatoms. The molecular weight excluding hydrogens is 965 g/mol. The molecule has 1 heterocycles. The second kappa shape index (κ2) is 35.6. The minimum Gasteiger partial charge on any atom is -0.330 e. The summed E-state index contributed by atoms with van der Waals surface area (Å²) < 4.78 is 0. The quantitative estimate of drug-likeness (QED) is 0.0918. The molecule has 0 aromatic heterocycles. The summed E-state index contributed by atoms with van der Waals surface area (Å²) in [6.45, 7) is 49.4. The van der Waals surface area contributed by atoms with Gasteiger partial charge >= 0.3 is 0 Å². The number of Topliss-reactive ketones (excluding diaryl/α,β-unsaturated/α-hetero) is 7. The highest BCUT2D eigenvalue weighted by Gasteiger charge is 2.45. The summed E-state index contributed by atoms with van der Waals surface area (Å²) in [4.78, 5) is 107. The van der Waals surface area contributed by atoms with Crippen LogP contribution in [0.3, 0.4) is 0 Å². The maximum atomic E-state index is 12.4. The maximum Gasteiger partial charge on any atom is 0.233 e. The van der Waals surface area contributed by atoms with Crippen molar-refractivity contribution in [3.05, 3.63) is 35.4 Å². The molecule has 0 aliphatic carbocycles. The van der Waals surface area contributed by atoms with E-state index in [1.54, 1.807) is 6.92 Å². The number of nitrogens with two attached hydrogens (primary N) is 1. The van der Waals surface area contributed by atoms with Crippen LogP contribution < -0.4 is 5.73 Å². The SMILES string of the molecule is C.CC(=O)Cc1ccc(CCC(=O)CCCC(=O)C(C)(C)C)cc1.CC(C)(C)C(=O)CC(CCCCN)C(=O)C(C)(C)C.CC(C)C(=O)C(C)(C)C.CC(C)CC(=O)CC(C)(C)C.CC(C)N1C(=O)CC(C(C)(C)C)C1=O. The van der Waals surface area contributed by atoms with Gasteiger partial charge in [0.2, 0.25) is 11.8 Å². The molecule has 2 atom stereocenters. The van der Waals surface area contributed by atoms with Gasteiger partial charge in [-0.1, -0.05) is 190 Å². The normalized spacial score (nSPS) is 14.4. The van der Waals surface area contributed by atoms with Gasteiger partial charge in [-0.2, -0.15) is 0 Å². The monoisotopic (exact) mass is 1080 g/mol. The lowest BCUT2D eigenvalue weighted by molar-refractivity contribution is -0.142. The van der Waals surface area contributed by atoms with Crippen molar-refractivity contribution >= 4 is 52.3 Å². The largest absolute Gasteiger partial charge is 0.330 e. The van der Waals surface area contributed by atoms with Crippen molar-refractivity contribution in [1.82, 2.24) is 4.90 Å². The van der Waals surface area contributed by atoms with Gasteiger partial charge in [0.15, 0.2) is 0 Å². The number of ketones is 7. The van der Waals surface area contributed by atoms with Crippen molar-refractivity contribution in [1.29, 1.82) is 0 Å². The van der Waals surface area contributed by atoms with Gasteiger partial charge in [0.05, 0.1) is 5.92 Å². The first-order chi connectivity index (χ1) is 34.1. The number of imide groups is 1. The third kappa shape index (κ3) is 37.5. The fourth-order valence-electron chi connectivity index (χ4n) is 8.20. The Morgan fingerprint density at radius 1 is 0.584 bits per heavy atom. The van der Waals surface area contributed by atoms with E-state index < -0.39 is 0 Å². The van der Waals surface area contributed by atoms with Gasteiger partial charge in [0, 0.05) is 90.9 Å². The molecule has 1 fully saturated rings. The third-order valence-electron chi connectivity index (χ3n) is 12.6. The molecule has 11 nitrogen and oxygen atoms in total. The molecule has 1 aromatic rings. The van der Waals surface area contributed by atoms with Crippen LogP contribution in [0.15, 0.2) is 24.3 Å². The van der Waals surface area contributed by atoms with Crippen LogP contribution in [-0.4, -0.2) is 69.8 Å². The number of hydrogen-bond acceptors (Lipinski definition) is 10. The number of likely N-dealkylation sites (tertiary alicyclic amines) is 1. The minimum atomic E-state index is -0.383. The van der Waals surface area contributed by atoms with Crippen molar-refractivity contribution in [3.8, 4) is 0 Å². The Labute approximate surface area is 472 Å². The van der Waals surface area contributed by atoms with E-state index in [1.165, 1.54) is 4.90 Å². The second-order valence-corrected chi connectivity index (χ2v) is 28.7. The molecule has 2 rings (SSSR count). The molecule has 1 saturated heterocycles. The molecule has 0 radical (unpaired) electrons. The Kier molecular flexibility index (Phi) is 36.7. The second-order valence-electron chi connectivity index (χ2n) is 28.7. The number of hydrogen-bond donors (Lipinski definition) is 1. The highest BCUT2D eigenvalue weighted by molar-refractivity contribution is 6.04. The Bertz CT molecular complexity index is 1980. The van der Waals surface area contributed by atoms with Crippen molar-refractivity contribution in [3.63, 3.8) is 0 Å². The molecule has 0 spiro atoms. The highest BCUT2D eigenvalue weighted by Crippen LogP contribution is 2.36. The summed E-state index contributed by atoms with van der Waals surface area (Å²) in [6, 6.07) is 7.85. The molecule has 1 aliphatic heterocycles. The Morgan fingerprint density at radius 3 is 1.38 bits per heavy atom. The highest BCUT2D eigenvalue weighted by atomic mass is 16.2. The molecule has 2 unspecified atom stereocenters. The van der Waals surface area contributed by atoms with E-state index in [2.05, 4.69) is 34.6 Å². The zero-order valence-corrected chi connectivity index (χ0v) is 53.3. The lowest BCUT2D eigenvalue weighted by atomic mass is 9.76. The van der Waals surface area contributed by atoms with Crippen molar-refractivity contribution in [2.45, 2.75) is 270 Å². The van der Waals surface area contributed by atoms with Crippen molar-refractivity contribution < 1.29 is 43.2 Å². The lowest BCUT2D eigenvalue weighted by Gasteiger charge is -2.26. The summed E-state index contributed by atoms with van der Waals surface area (Å²) in [5.41, 5.74) is 6.43. The van der Waals surface area contributed by atoms with Crippen LogP contribution in [0.5, 0.6) is 0 Å². The minimum absolute atomic E-state index is 0. The number of carbonyl (C=O) groups excluding carboxylic acids is 9. The summed E-state index contributed by atoms with van der Waals surface area (Å²) in [7, 11) is 0. The number of benzene rings is 1. The van der Waals surface area contributed by atoms with E-state index in [0.29, 0.717) is 81.8 Å². The van der Waals surface area contributed by atoms with Crippen LogP contribution >= 0.6 is 0 Å². The van der Waals surface area contributed by atoms with Gasteiger partial charge in [-0.05, 0) is 80.9 Å². The molecule has 2 amide bonds. The summed E-state index contributed by atoms with van der Waals surface area (Å²) in [6.07, 6.45) is 8.08. The molecule has 0 bridgehead atoms. The molecule has 1 aromatic carbocycles. The van der Waals surface area contributed by atoms with Gasteiger partial charge in [0.25, 0.3) is 0 Å². The van der Waals surface area contributed by atoms with Gasteiger partial charge in [-0.15, -0.1) is 0 Å². The van der Waals surface area contributed by atoms with Crippen LogP contribution in [0.2, 0.25) is 0 Å². The van der Waals surface area contributed by atoms with Crippen LogP contribution in [0.25, 0.3) is 0 Å². The van der Waals surface area contributed by atoms with E-state index in [0.717, 1.165) is 36.8 Å². The molecule has 446 valence electrons. The van der Waals surface area contributed by atoms with Crippen LogP contribution in [0.1, 0.15) is 262 Å². The summed E-state index contributed by atoms with van der Waals surface area (Å²) in [5.74, 6) is 2.02. The Morgan fingerprint density at radius 2 is 1.05 bits per heavy atom. The molecular formula is C66H118N2O9. The average molecular weight is 1080 g/mol. The number of unbranched alkanes of at least 4 members (excludes halogenated alkanes) is 1. The first-order valence-electron chi connectivity index (χ1n) is 28.4. The lowest BCUT2D eigenvalue weighted by Crippen LogP contribution is -2.38. The van der Waals surface area contributed by atoms with Gasteiger partial charge in [-0.3, -0.25) is 48.1 Å². The Balaban J connectivity index is -0.000000448. The fraction of sp³-hybridized carbons (Fsp3) is 0.773. The Hall–Kier alpha value is -3.99. The van der Waals surface area contributed by atoms with Crippen LogP contribution in [0.4, 0.5) is 0 Å². The van der Waals surface area contributed by atoms with Crippen LogP contribution in [-0.2, 0) is 56.0 Å². The van der Waals surface area contributed by atoms with Gasteiger partial charge in [0.1, 0.15) is 40.5 Å². The van der Waals surface area contributed by atoms with Gasteiger partial charge < -0.3 is 5.73 Å². The smallest absolute Gasteiger partial charge is 0.233 e. The standard InChI is InChI=1S/C20H28O3.C16H31NO2.C11H19NO2.C10H20O.C8H16O.CH4/c1-15(21)14-17-10-8-16(9-11-17)12-13-18(22)6-5-7-19(23)20(2,3)4;1-15(2,3)13(18)11-12(9-7-8-10-17)14(19)16(4,5)6;1-7(2)12-9(13)6-8(10(12)14)11(3,4)5;1-8(2)6-9(11)7-10(3,4)5;1-6(2)7(9)8(3,4)5;/h8-11H,5-7,12-14H2,1-4H3;12H,7-11,17H2,1-6H3;7-8H,6H2,1-5H3;8H,6-7H2,1-5H3;6H,1-5H3;1H4. The fourth-order valence-corrected chi connectivity index (χ4v) is 8.20. The molecule has 77 heavy (non-hydrogen) atoms.